The Morgan fingerprint density at radius 2 is 2.20 bits per heavy atom. The van der Waals surface area contributed by atoms with Crippen molar-refractivity contribution in [3.63, 3.8) is 0 Å². The summed E-state index contributed by atoms with van der Waals surface area (Å²) in [4.78, 5) is 5.27. The van der Waals surface area contributed by atoms with E-state index in [1.807, 2.05) is 0 Å². The summed E-state index contributed by atoms with van der Waals surface area (Å²) in [5.74, 6) is 0.923. The van der Waals surface area contributed by atoms with E-state index in [1.54, 1.807) is 36.5 Å². The zero-order valence-corrected chi connectivity index (χ0v) is 9.86. The van der Waals surface area contributed by atoms with E-state index in [1.165, 1.54) is 6.07 Å². The number of benzene rings is 1. The fraction of sp³-hybridized carbons (Fsp3) is 0.300. The van der Waals surface area contributed by atoms with Gasteiger partial charge in [0.25, 0.3) is 0 Å². The van der Waals surface area contributed by atoms with E-state index < -0.39 is 0 Å². The van der Waals surface area contributed by atoms with Gasteiger partial charge >= 0.3 is 0 Å². The largest absolute Gasteiger partial charge is 0.504 e. The van der Waals surface area contributed by atoms with Crippen LogP contribution in [0.15, 0.2) is 22.0 Å². The normalized spacial score (nSPS) is 15.4. The van der Waals surface area contributed by atoms with Gasteiger partial charge in [-0.05, 0) is 19.1 Å². The summed E-state index contributed by atoms with van der Waals surface area (Å²) in [6.45, 7) is 2.66. The highest BCUT2D eigenvalue weighted by Gasteiger charge is 2.13. The molecule has 1 heterocycles. The first-order valence-electron chi connectivity index (χ1n) is 4.55. The third-order valence-corrected chi connectivity index (χ3v) is 4.45. The first-order chi connectivity index (χ1) is 7.18. The highest BCUT2D eigenvalue weighted by Crippen LogP contribution is 2.38. The second kappa shape index (κ2) is 4.37. The van der Waals surface area contributed by atoms with Crippen molar-refractivity contribution in [2.24, 2.45) is 4.99 Å². The zero-order valence-electron chi connectivity index (χ0n) is 8.23. The number of hydrogen-bond donors (Lipinski definition) is 2. The number of aromatic hydroxyl groups is 2. The molecule has 0 spiro atoms. The van der Waals surface area contributed by atoms with Gasteiger partial charge in [0.2, 0.25) is 0 Å². The summed E-state index contributed by atoms with van der Waals surface area (Å²) in [6, 6.07) is 3.31. The number of aliphatic imine (C=N–C) groups is 1. The second-order valence-corrected chi connectivity index (χ2v) is 5.53. The van der Waals surface area contributed by atoms with Gasteiger partial charge in [0.15, 0.2) is 11.5 Å². The van der Waals surface area contributed by atoms with Crippen LogP contribution in [0.25, 0.3) is 0 Å². The van der Waals surface area contributed by atoms with Gasteiger partial charge in [0.1, 0.15) is 4.38 Å². The average molecular weight is 241 g/mol. The minimum Gasteiger partial charge on any atom is -0.504 e. The van der Waals surface area contributed by atoms with E-state index in [2.05, 4.69) is 4.99 Å². The Hall–Kier alpha value is -0.810. The third kappa shape index (κ3) is 2.23. The van der Waals surface area contributed by atoms with Crippen LogP contribution in [-0.4, -0.2) is 26.9 Å². The topological polar surface area (TPSA) is 52.8 Å². The first kappa shape index (κ1) is 10.7. The second-order valence-electron chi connectivity index (χ2n) is 3.15. The van der Waals surface area contributed by atoms with Gasteiger partial charge in [-0.15, -0.1) is 0 Å². The number of hydrogen-bond acceptors (Lipinski definition) is 5. The monoisotopic (exact) mass is 241 g/mol. The predicted octanol–water partition coefficient (Wildman–Crippen LogP) is 2.60. The molecule has 2 N–H and O–H groups in total. The smallest absolute Gasteiger partial charge is 0.161 e. The molecule has 0 bridgehead atoms. The molecule has 1 aliphatic heterocycles. The molecule has 80 valence electrons. The van der Waals surface area contributed by atoms with E-state index in [-0.39, 0.29) is 11.5 Å². The van der Waals surface area contributed by atoms with E-state index >= 15 is 0 Å². The van der Waals surface area contributed by atoms with Gasteiger partial charge in [-0.25, -0.2) is 0 Å². The van der Waals surface area contributed by atoms with Gasteiger partial charge in [-0.3, -0.25) is 4.99 Å². The number of nitrogens with zero attached hydrogens (tertiary/aromatic N) is 1. The van der Waals surface area contributed by atoms with Crippen molar-refractivity contribution < 1.29 is 10.2 Å². The molecule has 0 aromatic heterocycles. The molecule has 1 aliphatic rings. The van der Waals surface area contributed by atoms with Crippen LogP contribution in [-0.2, 0) is 0 Å². The highest BCUT2D eigenvalue weighted by molar-refractivity contribution is 8.39. The lowest BCUT2D eigenvalue weighted by Crippen LogP contribution is -1.85. The van der Waals surface area contributed by atoms with Crippen molar-refractivity contribution in [3.05, 3.63) is 17.7 Å². The van der Waals surface area contributed by atoms with Gasteiger partial charge in [0.05, 0.1) is 6.54 Å². The highest BCUT2D eigenvalue weighted by atomic mass is 32.2. The van der Waals surface area contributed by atoms with Crippen LogP contribution in [0.5, 0.6) is 11.5 Å². The first-order valence-corrected chi connectivity index (χ1v) is 6.35. The van der Waals surface area contributed by atoms with Crippen molar-refractivity contribution >= 4 is 27.9 Å². The molecule has 1 aromatic rings. The van der Waals surface area contributed by atoms with E-state index in [9.17, 15) is 10.2 Å². The molecular weight excluding hydrogens is 230 g/mol. The summed E-state index contributed by atoms with van der Waals surface area (Å²) in [6.07, 6.45) is 0. The van der Waals surface area contributed by atoms with E-state index in [0.29, 0.717) is 5.56 Å². The van der Waals surface area contributed by atoms with E-state index in [0.717, 1.165) is 21.6 Å². The van der Waals surface area contributed by atoms with Crippen molar-refractivity contribution in [3.8, 4) is 11.5 Å². The molecular formula is C10H11NO2S2. The van der Waals surface area contributed by atoms with Crippen molar-refractivity contribution in [1.82, 2.24) is 0 Å². The zero-order chi connectivity index (χ0) is 10.8. The fourth-order valence-electron chi connectivity index (χ4n) is 1.25. The van der Waals surface area contributed by atoms with Crippen LogP contribution in [0.4, 0.5) is 0 Å². The maximum atomic E-state index is 9.55. The van der Waals surface area contributed by atoms with Gasteiger partial charge in [-0.2, -0.15) is 0 Å². The summed E-state index contributed by atoms with van der Waals surface area (Å²) in [5.41, 5.74) is 0.704. The minimum atomic E-state index is -0.0714. The standard InChI is InChI=1S/C10H11NO2S2/c1-6-8(3-2-7(12)9(6)13)15-10-11-4-5-14-10/h2-3,12-13H,4-5H2,1H3. The maximum Gasteiger partial charge on any atom is 0.161 e. The number of rotatable bonds is 1. The Balaban J connectivity index is 2.25. The molecule has 0 amide bonds. The summed E-state index contributed by atoms with van der Waals surface area (Å²) < 4.78 is 1.03. The van der Waals surface area contributed by atoms with Gasteiger partial charge < -0.3 is 10.2 Å². The summed E-state index contributed by atoms with van der Waals surface area (Å²) in [5, 5.41) is 18.8. The average Bonchev–Trinajstić information content (AvgIpc) is 2.72. The number of thioether (sulfide) groups is 2. The lowest BCUT2D eigenvalue weighted by Gasteiger charge is -2.07. The van der Waals surface area contributed by atoms with Crippen molar-refractivity contribution in [2.75, 3.05) is 12.3 Å². The Bertz CT molecular complexity index is 418. The van der Waals surface area contributed by atoms with Gasteiger partial charge in [-0.1, -0.05) is 23.5 Å². The molecule has 0 fully saturated rings. The molecule has 5 heteroatoms. The molecule has 0 saturated heterocycles. The molecule has 0 unspecified atom stereocenters. The molecule has 3 nitrogen and oxygen atoms in total. The molecule has 0 saturated carbocycles. The van der Waals surface area contributed by atoms with E-state index in [4.69, 9.17) is 0 Å². The Labute approximate surface area is 96.6 Å². The molecule has 15 heavy (non-hydrogen) atoms. The predicted molar refractivity (Wildman–Crippen MR) is 65.1 cm³/mol. The molecule has 0 radical (unpaired) electrons. The van der Waals surface area contributed by atoms with Crippen molar-refractivity contribution in [2.45, 2.75) is 11.8 Å². The van der Waals surface area contributed by atoms with Gasteiger partial charge in [0, 0.05) is 16.2 Å². The van der Waals surface area contributed by atoms with Crippen LogP contribution in [0, 0.1) is 6.92 Å². The quantitative estimate of drug-likeness (QED) is 0.742. The van der Waals surface area contributed by atoms with Crippen LogP contribution in [0.1, 0.15) is 5.56 Å². The minimum absolute atomic E-state index is 0.0383. The molecule has 0 aliphatic carbocycles. The lowest BCUT2D eigenvalue weighted by atomic mass is 10.2. The molecule has 0 atom stereocenters. The third-order valence-electron chi connectivity index (χ3n) is 2.11. The Kier molecular flexibility index (Phi) is 3.11. The number of phenols is 2. The summed E-state index contributed by atoms with van der Waals surface area (Å²) >= 11 is 3.27. The Morgan fingerprint density at radius 3 is 2.87 bits per heavy atom. The van der Waals surface area contributed by atoms with Crippen LogP contribution < -0.4 is 0 Å². The number of phenolic OH excluding ortho intramolecular Hbond substituents is 2. The molecule has 1 aromatic carbocycles. The lowest BCUT2D eigenvalue weighted by molar-refractivity contribution is 0.399. The maximum absolute atomic E-state index is 9.55. The van der Waals surface area contributed by atoms with Crippen LogP contribution in [0.2, 0.25) is 0 Å². The van der Waals surface area contributed by atoms with Crippen LogP contribution in [0.3, 0.4) is 0 Å². The summed E-state index contributed by atoms with van der Waals surface area (Å²) in [7, 11) is 0. The van der Waals surface area contributed by atoms with Crippen LogP contribution >= 0.6 is 23.5 Å². The molecule has 2 rings (SSSR count). The SMILES string of the molecule is Cc1c(SC2=NCCS2)ccc(O)c1O. The fourth-order valence-corrected chi connectivity index (χ4v) is 3.27. The Morgan fingerprint density at radius 1 is 1.40 bits per heavy atom. The van der Waals surface area contributed by atoms with Crippen molar-refractivity contribution in [1.29, 1.82) is 0 Å².